The number of hydrogen-bond donors (Lipinski definition) is 1. The molecule has 0 aliphatic carbocycles. The van der Waals surface area contributed by atoms with E-state index in [4.69, 9.17) is 9.47 Å². The molecular formula is C15H21NO3. The van der Waals surface area contributed by atoms with Crippen LogP contribution in [-0.2, 0) is 0 Å². The van der Waals surface area contributed by atoms with Gasteiger partial charge in [-0.2, -0.15) is 0 Å². The van der Waals surface area contributed by atoms with Gasteiger partial charge in [0.2, 0.25) is 0 Å². The van der Waals surface area contributed by atoms with Crippen LogP contribution in [-0.4, -0.2) is 42.4 Å². The van der Waals surface area contributed by atoms with E-state index in [1.165, 1.54) is 0 Å². The number of aliphatic hydroxyl groups is 1. The van der Waals surface area contributed by atoms with Gasteiger partial charge >= 0.3 is 0 Å². The Balaban J connectivity index is 1.92. The van der Waals surface area contributed by atoms with E-state index < -0.39 is 6.10 Å². The summed E-state index contributed by atoms with van der Waals surface area (Å²) in [6.45, 7) is 3.07. The lowest BCUT2D eigenvalue weighted by Gasteiger charge is -2.38. The third kappa shape index (κ3) is 2.09. The summed E-state index contributed by atoms with van der Waals surface area (Å²) in [5, 5.41) is 10.4. The van der Waals surface area contributed by atoms with Gasteiger partial charge in [-0.05, 0) is 32.2 Å². The predicted octanol–water partition coefficient (Wildman–Crippen LogP) is 1.97. The highest BCUT2D eigenvalue weighted by Gasteiger charge is 2.47. The molecule has 3 rings (SSSR count). The van der Waals surface area contributed by atoms with Gasteiger partial charge in [0.15, 0.2) is 0 Å². The summed E-state index contributed by atoms with van der Waals surface area (Å²) in [5.74, 6) is 1.55. The van der Waals surface area contributed by atoms with Gasteiger partial charge in [-0.25, -0.2) is 0 Å². The molecule has 2 heterocycles. The Kier molecular flexibility index (Phi) is 2.95. The molecule has 1 N–H and O–H groups in total. The molecule has 0 radical (unpaired) electrons. The molecule has 19 heavy (non-hydrogen) atoms. The van der Waals surface area contributed by atoms with Crippen LogP contribution in [0.1, 0.15) is 31.4 Å². The van der Waals surface area contributed by atoms with Crippen molar-refractivity contribution in [2.75, 3.05) is 20.7 Å². The summed E-state index contributed by atoms with van der Waals surface area (Å²) < 4.78 is 11.4. The van der Waals surface area contributed by atoms with Crippen LogP contribution < -0.4 is 9.47 Å². The van der Waals surface area contributed by atoms with Crippen LogP contribution >= 0.6 is 0 Å². The minimum Gasteiger partial charge on any atom is -0.497 e. The van der Waals surface area contributed by atoms with Gasteiger partial charge in [-0.1, -0.05) is 0 Å². The van der Waals surface area contributed by atoms with Crippen LogP contribution in [0, 0.1) is 0 Å². The molecule has 1 saturated heterocycles. The first-order valence-corrected chi connectivity index (χ1v) is 6.78. The molecule has 1 spiro atoms. The van der Waals surface area contributed by atoms with Gasteiger partial charge in [0.1, 0.15) is 17.1 Å². The Morgan fingerprint density at radius 3 is 2.84 bits per heavy atom. The second-order valence-corrected chi connectivity index (χ2v) is 5.88. The van der Waals surface area contributed by atoms with Crippen molar-refractivity contribution in [2.24, 2.45) is 0 Å². The summed E-state index contributed by atoms with van der Waals surface area (Å²) in [4.78, 5) is 2.29. The number of fused-ring (bicyclic) bond motifs is 1. The zero-order chi connectivity index (χ0) is 13.6. The van der Waals surface area contributed by atoms with Crippen molar-refractivity contribution in [1.29, 1.82) is 0 Å². The lowest BCUT2D eigenvalue weighted by atomic mass is 9.87. The summed E-state index contributed by atoms with van der Waals surface area (Å²) in [7, 11) is 3.74. The Morgan fingerprint density at radius 2 is 2.21 bits per heavy atom. The van der Waals surface area contributed by atoms with E-state index in [1.807, 2.05) is 18.2 Å². The Bertz CT molecular complexity index is 478. The normalized spacial score (nSPS) is 34.1. The fraction of sp³-hybridized carbons (Fsp3) is 0.600. The number of likely N-dealkylation sites (tertiary alicyclic amines) is 1. The molecule has 1 aromatic carbocycles. The highest BCUT2D eigenvalue weighted by Crippen LogP contribution is 2.45. The SMILES string of the molecule is COc1ccc2c(c1)C(O)CC1(CC(C)N(C)C1)O2. The average molecular weight is 263 g/mol. The van der Waals surface area contributed by atoms with E-state index in [0.717, 1.165) is 30.0 Å². The van der Waals surface area contributed by atoms with Gasteiger partial charge < -0.3 is 14.6 Å². The molecule has 0 bridgehead atoms. The van der Waals surface area contributed by atoms with Gasteiger partial charge in [0, 0.05) is 31.0 Å². The van der Waals surface area contributed by atoms with Crippen molar-refractivity contribution < 1.29 is 14.6 Å². The van der Waals surface area contributed by atoms with Crippen LogP contribution in [0.2, 0.25) is 0 Å². The average Bonchev–Trinajstić information content (AvgIpc) is 2.63. The first kappa shape index (κ1) is 12.8. The van der Waals surface area contributed by atoms with E-state index in [2.05, 4.69) is 18.9 Å². The lowest BCUT2D eigenvalue weighted by molar-refractivity contribution is -0.00624. The minimum atomic E-state index is -0.474. The predicted molar refractivity (Wildman–Crippen MR) is 72.6 cm³/mol. The molecule has 2 aliphatic rings. The van der Waals surface area contributed by atoms with E-state index in [1.54, 1.807) is 7.11 Å². The number of ether oxygens (including phenoxy) is 2. The number of likely N-dealkylation sites (N-methyl/N-ethyl adjacent to an activating group) is 1. The summed E-state index contributed by atoms with van der Waals surface area (Å²) >= 11 is 0. The van der Waals surface area contributed by atoms with Crippen LogP contribution in [0.4, 0.5) is 0 Å². The van der Waals surface area contributed by atoms with Crippen LogP contribution in [0.15, 0.2) is 18.2 Å². The number of hydrogen-bond acceptors (Lipinski definition) is 4. The maximum Gasteiger partial charge on any atom is 0.126 e. The molecule has 4 nitrogen and oxygen atoms in total. The molecule has 4 heteroatoms. The first-order valence-electron chi connectivity index (χ1n) is 6.78. The Hall–Kier alpha value is -1.26. The molecule has 0 amide bonds. The fourth-order valence-electron chi connectivity index (χ4n) is 3.34. The van der Waals surface area contributed by atoms with Gasteiger partial charge in [-0.3, -0.25) is 4.90 Å². The number of methoxy groups -OCH3 is 1. The minimum absolute atomic E-state index is 0.241. The van der Waals surface area contributed by atoms with Crippen molar-refractivity contribution in [2.45, 2.75) is 37.5 Å². The van der Waals surface area contributed by atoms with Crippen LogP contribution in [0.25, 0.3) is 0 Å². The van der Waals surface area contributed by atoms with Crippen LogP contribution in [0.3, 0.4) is 0 Å². The highest BCUT2D eigenvalue weighted by molar-refractivity contribution is 5.44. The standard InChI is InChI=1S/C15H21NO3/c1-10-7-15(9-16(10)2)8-13(17)12-6-11(18-3)4-5-14(12)19-15/h4-6,10,13,17H,7-9H2,1-3H3. The maximum atomic E-state index is 10.4. The fourth-order valence-corrected chi connectivity index (χ4v) is 3.34. The molecule has 0 aromatic heterocycles. The number of benzene rings is 1. The van der Waals surface area contributed by atoms with E-state index in [-0.39, 0.29) is 5.60 Å². The molecule has 1 fully saturated rings. The van der Waals surface area contributed by atoms with Crippen LogP contribution in [0.5, 0.6) is 11.5 Å². The molecule has 0 saturated carbocycles. The van der Waals surface area contributed by atoms with Crippen molar-refractivity contribution in [3.05, 3.63) is 23.8 Å². The molecular weight excluding hydrogens is 242 g/mol. The second kappa shape index (κ2) is 4.39. The summed E-state index contributed by atoms with van der Waals surface area (Å²) in [6.07, 6.45) is 1.14. The molecule has 2 aliphatic heterocycles. The summed E-state index contributed by atoms with van der Waals surface area (Å²) in [6, 6.07) is 6.15. The highest BCUT2D eigenvalue weighted by atomic mass is 16.5. The smallest absolute Gasteiger partial charge is 0.126 e. The zero-order valence-electron chi connectivity index (χ0n) is 11.7. The summed E-state index contributed by atoms with van der Waals surface area (Å²) in [5.41, 5.74) is 0.599. The topological polar surface area (TPSA) is 41.9 Å². The largest absolute Gasteiger partial charge is 0.497 e. The second-order valence-electron chi connectivity index (χ2n) is 5.88. The van der Waals surface area contributed by atoms with Gasteiger partial charge in [0.25, 0.3) is 0 Å². The number of nitrogens with zero attached hydrogens (tertiary/aromatic N) is 1. The monoisotopic (exact) mass is 263 g/mol. The lowest BCUT2D eigenvalue weighted by Crippen LogP contribution is -2.43. The maximum absolute atomic E-state index is 10.4. The third-order valence-electron chi connectivity index (χ3n) is 4.43. The zero-order valence-corrected chi connectivity index (χ0v) is 11.7. The molecule has 3 atom stereocenters. The van der Waals surface area contributed by atoms with Gasteiger partial charge in [0.05, 0.1) is 13.2 Å². The molecule has 104 valence electrons. The molecule has 3 unspecified atom stereocenters. The van der Waals surface area contributed by atoms with E-state index in [0.29, 0.717) is 12.5 Å². The van der Waals surface area contributed by atoms with E-state index >= 15 is 0 Å². The Morgan fingerprint density at radius 1 is 1.42 bits per heavy atom. The Labute approximate surface area is 113 Å². The number of rotatable bonds is 1. The first-order chi connectivity index (χ1) is 9.03. The van der Waals surface area contributed by atoms with Crippen molar-refractivity contribution >= 4 is 0 Å². The third-order valence-corrected chi connectivity index (χ3v) is 4.43. The van der Waals surface area contributed by atoms with Crippen molar-refractivity contribution in [3.63, 3.8) is 0 Å². The number of aliphatic hydroxyl groups excluding tert-OH is 1. The van der Waals surface area contributed by atoms with Gasteiger partial charge in [-0.15, -0.1) is 0 Å². The quantitative estimate of drug-likeness (QED) is 0.841. The van der Waals surface area contributed by atoms with Crippen molar-refractivity contribution in [1.82, 2.24) is 4.90 Å². The van der Waals surface area contributed by atoms with E-state index in [9.17, 15) is 5.11 Å². The molecule has 1 aromatic rings. The van der Waals surface area contributed by atoms with Crippen molar-refractivity contribution in [3.8, 4) is 11.5 Å².